The Bertz CT molecular complexity index is 931. The number of ether oxygens (including phenoxy) is 3. The van der Waals surface area contributed by atoms with Gasteiger partial charge in [-0.1, -0.05) is 35.5 Å². The van der Waals surface area contributed by atoms with E-state index in [9.17, 15) is 14.4 Å². The molecule has 0 radical (unpaired) electrons. The number of aromatic nitrogens is 3. The molecule has 1 amide bonds. The Morgan fingerprint density at radius 1 is 1.06 bits per heavy atom. The van der Waals surface area contributed by atoms with Crippen LogP contribution >= 0.6 is 0 Å². The zero-order chi connectivity index (χ0) is 22.5. The number of nitrogens with zero attached hydrogens (tertiary/aromatic N) is 3. The Hall–Kier alpha value is -3.27. The first-order chi connectivity index (χ1) is 14.7. The first-order valence-corrected chi connectivity index (χ1v) is 9.97. The number of rotatable bonds is 6. The first kappa shape index (κ1) is 22.4. The largest absolute Gasteiger partial charge is 0.456 e. The molecule has 0 saturated carbocycles. The van der Waals surface area contributed by atoms with Crippen LogP contribution in [0.15, 0.2) is 36.5 Å². The minimum atomic E-state index is -0.946. The van der Waals surface area contributed by atoms with Gasteiger partial charge in [-0.3, -0.25) is 14.4 Å². The van der Waals surface area contributed by atoms with Crippen LogP contribution in [0.4, 0.5) is 0 Å². The summed E-state index contributed by atoms with van der Waals surface area (Å²) in [5, 5.41) is 11.1. The van der Waals surface area contributed by atoms with E-state index in [0.717, 1.165) is 5.56 Å². The fourth-order valence-corrected chi connectivity index (χ4v) is 3.68. The number of benzene rings is 1. The summed E-state index contributed by atoms with van der Waals surface area (Å²) in [4.78, 5) is 35.3. The number of nitrogens with one attached hydrogen (secondary N) is 1. The second-order valence-corrected chi connectivity index (χ2v) is 7.45. The highest BCUT2D eigenvalue weighted by molar-refractivity contribution is 5.73. The molecule has 1 fully saturated rings. The molecule has 31 heavy (non-hydrogen) atoms. The maximum Gasteiger partial charge on any atom is 0.303 e. The SMILES string of the molecule is CC(=O)NC1C(C)OC(Cn2cc(-c3ccccc3)nn2)C(OC(C)=O)C1OC(C)=O. The Morgan fingerprint density at radius 3 is 2.32 bits per heavy atom. The third-order valence-electron chi connectivity index (χ3n) is 4.89. The molecule has 1 aromatic carbocycles. The van der Waals surface area contributed by atoms with Crippen LogP contribution in [-0.2, 0) is 35.1 Å². The van der Waals surface area contributed by atoms with Gasteiger partial charge < -0.3 is 19.5 Å². The molecule has 2 aromatic rings. The highest BCUT2D eigenvalue weighted by Crippen LogP contribution is 2.28. The minimum absolute atomic E-state index is 0.201. The van der Waals surface area contributed by atoms with E-state index in [0.29, 0.717) is 5.69 Å². The van der Waals surface area contributed by atoms with Crippen molar-refractivity contribution in [3.63, 3.8) is 0 Å². The van der Waals surface area contributed by atoms with Gasteiger partial charge in [-0.2, -0.15) is 0 Å². The van der Waals surface area contributed by atoms with Gasteiger partial charge in [-0.05, 0) is 6.92 Å². The molecule has 1 aromatic heterocycles. The van der Waals surface area contributed by atoms with Crippen LogP contribution in [-0.4, -0.2) is 63.3 Å². The van der Waals surface area contributed by atoms with Crippen molar-refractivity contribution in [1.29, 1.82) is 0 Å². The van der Waals surface area contributed by atoms with E-state index in [1.165, 1.54) is 20.8 Å². The van der Waals surface area contributed by atoms with E-state index in [4.69, 9.17) is 14.2 Å². The van der Waals surface area contributed by atoms with Crippen LogP contribution in [0, 0.1) is 0 Å². The molecule has 10 nitrogen and oxygen atoms in total. The van der Waals surface area contributed by atoms with Gasteiger partial charge in [-0.25, -0.2) is 4.68 Å². The molecule has 5 unspecified atom stereocenters. The number of hydrogen-bond donors (Lipinski definition) is 1. The average Bonchev–Trinajstić information content (AvgIpc) is 3.16. The molecular formula is C21H26N4O6. The smallest absolute Gasteiger partial charge is 0.303 e. The summed E-state index contributed by atoms with van der Waals surface area (Å²) in [6.07, 6.45) is -1.30. The average molecular weight is 430 g/mol. The summed E-state index contributed by atoms with van der Waals surface area (Å²) in [7, 11) is 0. The summed E-state index contributed by atoms with van der Waals surface area (Å²) < 4.78 is 18.6. The molecule has 0 spiro atoms. The minimum Gasteiger partial charge on any atom is -0.456 e. The predicted octanol–water partition coefficient (Wildman–Crippen LogP) is 1.10. The molecule has 1 aliphatic heterocycles. The molecule has 1 N–H and O–H groups in total. The lowest BCUT2D eigenvalue weighted by atomic mass is 9.92. The molecule has 1 aliphatic rings. The van der Waals surface area contributed by atoms with Gasteiger partial charge in [0.2, 0.25) is 5.91 Å². The Morgan fingerprint density at radius 2 is 1.71 bits per heavy atom. The Labute approximate surface area is 179 Å². The molecule has 0 bridgehead atoms. The number of carbonyl (C=O) groups is 3. The van der Waals surface area contributed by atoms with Gasteiger partial charge in [0.05, 0.1) is 24.9 Å². The zero-order valence-corrected chi connectivity index (χ0v) is 17.8. The maximum atomic E-state index is 11.8. The molecular weight excluding hydrogens is 404 g/mol. The first-order valence-electron chi connectivity index (χ1n) is 9.97. The van der Waals surface area contributed by atoms with Gasteiger partial charge in [0.1, 0.15) is 11.8 Å². The van der Waals surface area contributed by atoms with E-state index in [-0.39, 0.29) is 12.5 Å². The second kappa shape index (κ2) is 9.69. The second-order valence-electron chi connectivity index (χ2n) is 7.45. The number of hydrogen-bond acceptors (Lipinski definition) is 8. The number of carbonyl (C=O) groups excluding carboxylic acids is 3. The third kappa shape index (κ3) is 5.66. The van der Waals surface area contributed by atoms with Crippen molar-refractivity contribution in [2.75, 3.05) is 0 Å². The summed E-state index contributed by atoms with van der Waals surface area (Å²) >= 11 is 0. The van der Waals surface area contributed by atoms with Crippen LogP contribution in [0.3, 0.4) is 0 Å². The van der Waals surface area contributed by atoms with Crippen molar-refractivity contribution < 1.29 is 28.6 Å². The molecule has 1 saturated heterocycles. The Balaban J connectivity index is 1.87. The lowest BCUT2D eigenvalue weighted by Gasteiger charge is -2.44. The van der Waals surface area contributed by atoms with E-state index in [2.05, 4.69) is 15.6 Å². The van der Waals surface area contributed by atoms with Crippen LogP contribution in [0.5, 0.6) is 0 Å². The van der Waals surface area contributed by atoms with E-state index >= 15 is 0 Å². The monoisotopic (exact) mass is 430 g/mol. The summed E-state index contributed by atoms with van der Waals surface area (Å²) in [5.41, 5.74) is 1.59. The lowest BCUT2D eigenvalue weighted by Crippen LogP contribution is -2.65. The maximum absolute atomic E-state index is 11.8. The van der Waals surface area contributed by atoms with E-state index in [1.807, 2.05) is 30.3 Å². The van der Waals surface area contributed by atoms with Crippen molar-refractivity contribution in [3.05, 3.63) is 36.5 Å². The van der Waals surface area contributed by atoms with Crippen molar-refractivity contribution in [3.8, 4) is 11.3 Å². The zero-order valence-electron chi connectivity index (χ0n) is 17.8. The predicted molar refractivity (Wildman–Crippen MR) is 109 cm³/mol. The quantitative estimate of drug-likeness (QED) is 0.676. The fourth-order valence-electron chi connectivity index (χ4n) is 3.68. The molecule has 3 rings (SSSR count). The van der Waals surface area contributed by atoms with Crippen molar-refractivity contribution in [2.24, 2.45) is 0 Å². The van der Waals surface area contributed by atoms with E-state index < -0.39 is 42.4 Å². The van der Waals surface area contributed by atoms with Crippen molar-refractivity contribution in [1.82, 2.24) is 20.3 Å². The Kier molecular flexibility index (Phi) is 7.01. The van der Waals surface area contributed by atoms with Gasteiger partial charge in [0, 0.05) is 26.3 Å². The summed E-state index contributed by atoms with van der Waals surface area (Å²) in [6.45, 7) is 5.83. The van der Waals surface area contributed by atoms with Gasteiger partial charge in [-0.15, -0.1) is 5.10 Å². The van der Waals surface area contributed by atoms with Gasteiger partial charge in [0.25, 0.3) is 0 Å². The third-order valence-corrected chi connectivity index (χ3v) is 4.89. The normalized spacial score (nSPS) is 25.5. The van der Waals surface area contributed by atoms with Crippen molar-refractivity contribution in [2.45, 2.75) is 64.7 Å². The van der Waals surface area contributed by atoms with E-state index in [1.54, 1.807) is 17.8 Å². The van der Waals surface area contributed by atoms with Gasteiger partial charge >= 0.3 is 11.9 Å². The fraction of sp³-hybridized carbons (Fsp3) is 0.476. The highest BCUT2D eigenvalue weighted by atomic mass is 16.6. The van der Waals surface area contributed by atoms with Crippen LogP contribution in [0.25, 0.3) is 11.3 Å². The van der Waals surface area contributed by atoms with Gasteiger partial charge in [0.15, 0.2) is 12.2 Å². The number of esters is 2. The topological polar surface area (TPSA) is 122 Å². The molecule has 166 valence electrons. The summed E-state index contributed by atoms with van der Waals surface area (Å²) in [5.74, 6) is -1.44. The van der Waals surface area contributed by atoms with Crippen LogP contribution in [0.1, 0.15) is 27.7 Å². The molecule has 2 heterocycles. The standard InChI is InChI=1S/C21H26N4O6/c1-12-19(22-13(2)26)21(31-15(4)28)20(30-14(3)27)18(29-12)11-25-10-17(23-24-25)16-8-6-5-7-9-16/h5-10,12,18-21H,11H2,1-4H3,(H,22,26). The molecule has 0 aliphatic carbocycles. The molecule has 5 atom stereocenters. The lowest BCUT2D eigenvalue weighted by molar-refractivity contribution is -0.215. The van der Waals surface area contributed by atoms with Crippen LogP contribution < -0.4 is 5.32 Å². The highest BCUT2D eigenvalue weighted by Gasteiger charge is 2.49. The summed E-state index contributed by atoms with van der Waals surface area (Å²) in [6, 6.07) is 8.88. The number of amides is 1. The van der Waals surface area contributed by atoms with Crippen molar-refractivity contribution >= 4 is 17.8 Å². The van der Waals surface area contributed by atoms with Crippen LogP contribution in [0.2, 0.25) is 0 Å². The molecule has 10 heteroatoms.